The lowest BCUT2D eigenvalue weighted by Crippen LogP contribution is -2.33. The maximum absolute atomic E-state index is 13.2. The number of benzene rings is 1. The average Bonchev–Trinajstić information content (AvgIpc) is 3.49. The van der Waals surface area contributed by atoms with Gasteiger partial charge in [-0.1, -0.05) is 25.3 Å². The number of anilines is 1. The van der Waals surface area contributed by atoms with E-state index in [9.17, 15) is 9.18 Å². The predicted molar refractivity (Wildman–Crippen MR) is 138 cm³/mol. The van der Waals surface area contributed by atoms with Crippen LogP contribution in [0.5, 0.6) is 0 Å². The molecule has 2 N–H and O–H groups in total. The molecular weight excluding hydrogens is 461 g/mol. The summed E-state index contributed by atoms with van der Waals surface area (Å²) in [6.07, 6.45) is 10.4. The van der Waals surface area contributed by atoms with E-state index < -0.39 is 0 Å². The van der Waals surface area contributed by atoms with Crippen LogP contribution in [0.3, 0.4) is 0 Å². The lowest BCUT2D eigenvalue weighted by atomic mass is 9.94. The van der Waals surface area contributed by atoms with Gasteiger partial charge in [-0.15, -0.1) is 0 Å². The quantitative estimate of drug-likeness (QED) is 0.426. The number of aromatic nitrogens is 2. The zero-order chi connectivity index (χ0) is 24.2. The number of carbonyl (C=O) groups is 1. The third kappa shape index (κ3) is 5.22. The predicted octanol–water partition coefficient (Wildman–Crippen LogP) is 5.53. The first kappa shape index (κ1) is 23.5. The molecule has 6 nitrogen and oxygen atoms in total. The van der Waals surface area contributed by atoms with Gasteiger partial charge in [0.25, 0.3) is 0 Å². The van der Waals surface area contributed by atoms with E-state index in [1.807, 2.05) is 18.2 Å². The van der Waals surface area contributed by atoms with Gasteiger partial charge in [0.15, 0.2) is 5.11 Å². The van der Waals surface area contributed by atoms with E-state index >= 15 is 0 Å². The van der Waals surface area contributed by atoms with Gasteiger partial charge in [0, 0.05) is 42.8 Å². The minimum atomic E-state index is -0.333. The summed E-state index contributed by atoms with van der Waals surface area (Å²) in [5.74, 6) is -0.469. The smallest absolute Gasteiger partial charge is 0.226 e. The van der Waals surface area contributed by atoms with Gasteiger partial charge >= 0.3 is 0 Å². The lowest BCUT2D eigenvalue weighted by molar-refractivity contribution is -0.116. The van der Waals surface area contributed by atoms with E-state index in [1.165, 1.54) is 49.9 Å². The fourth-order valence-corrected chi connectivity index (χ4v) is 5.63. The van der Waals surface area contributed by atoms with Gasteiger partial charge in [-0.05, 0) is 73.6 Å². The van der Waals surface area contributed by atoms with Crippen LogP contribution in [0.4, 0.5) is 10.1 Å². The molecule has 3 heterocycles. The second kappa shape index (κ2) is 10.6. The van der Waals surface area contributed by atoms with Crippen molar-refractivity contribution in [3.05, 3.63) is 84.2 Å². The summed E-state index contributed by atoms with van der Waals surface area (Å²) in [6.45, 7) is 0.461. The molecule has 1 saturated heterocycles. The first-order valence-corrected chi connectivity index (χ1v) is 12.7. The molecule has 1 aliphatic heterocycles. The van der Waals surface area contributed by atoms with Crippen molar-refractivity contribution in [2.75, 3.05) is 11.9 Å². The molecule has 0 unspecified atom stereocenters. The third-order valence-electron chi connectivity index (χ3n) is 6.99. The Morgan fingerprint density at radius 1 is 1.09 bits per heavy atom. The molecule has 0 spiro atoms. The number of rotatable bonds is 7. The Morgan fingerprint density at radius 3 is 2.63 bits per heavy atom. The van der Waals surface area contributed by atoms with Gasteiger partial charge in [-0.2, -0.15) is 0 Å². The van der Waals surface area contributed by atoms with Crippen molar-refractivity contribution in [2.24, 2.45) is 0 Å². The van der Waals surface area contributed by atoms with Crippen LogP contribution in [-0.4, -0.2) is 32.0 Å². The van der Waals surface area contributed by atoms with Crippen LogP contribution < -0.4 is 10.6 Å². The van der Waals surface area contributed by atoms with Gasteiger partial charge < -0.3 is 20.1 Å². The molecular formula is C27H30FN5OS. The van der Waals surface area contributed by atoms with Gasteiger partial charge in [0.2, 0.25) is 5.91 Å². The monoisotopic (exact) mass is 491 g/mol. The van der Waals surface area contributed by atoms with Crippen LogP contribution in [0.25, 0.3) is 0 Å². The van der Waals surface area contributed by atoms with Gasteiger partial charge in [0.1, 0.15) is 5.82 Å². The Balaban J connectivity index is 1.39. The maximum atomic E-state index is 13.2. The standard InChI is InChI=1S/C27H30FN5OS/c28-19-11-13-20(14-12-19)30-24(34)15-18-33-26(25(31-27(33)35)22-9-4-5-16-29-22)23-10-6-17-32(23)21-7-2-1-3-8-21/h4-6,9-14,16-17,21,25-26H,1-3,7-8,15,18H2,(H,30,34)(H,31,35)/t25-,26-/m0/s1. The maximum Gasteiger partial charge on any atom is 0.226 e. The van der Waals surface area contributed by atoms with Crippen LogP contribution in [-0.2, 0) is 4.79 Å². The highest BCUT2D eigenvalue weighted by atomic mass is 32.1. The summed E-state index contributed by atoms with van der Waals surface area (Å²) >= 11 is 5.77. The molecule has 3 aromatic rings. The molecule has 1 amide bonds. The van der Waals surface area contributed by atoms with E-state index in [0.717, 1.165) is 5.69 Å². The Morgan fingerprint density at radius 2 is 1.89 bits per heavy atom. The van der Waals surface area contributed by atoms with E-state index in [-0.39, 0.29) is 30.2 Å². The minimum absolute atomic E-state index is 0.0760. The molecule has 2 fully saturated rings. The number of nitrogens with one attached hydrogen (secondary N) is 2. The van der Waals surface area contributed by atoms with Gasteiger partial charge in [0.05, 0.1) is 17.8 Å². The highest BCUT2D eigenvalue weighted by molar-refractivity contribution is 7.80. The first-order valence-electron chi connectivity index (χ1n) is 12.3. The number of thiocarbonyl (C=S) groups is 1. The van der Waals surface area contributed by atoms with Crippen molar-refractivity contribution < 1.29 is 9.18 Å². The van der Waals surface area contributed by atoms with Crippen molar-refractivity contribution in [2.45, 2.75) is 56.7 Å². The van der Waals surface area contributed by atoms with Crippen LogP contribution in [0.1, 0.15) is 68.0 Å². The molecule has 1 aliphatic carbocycles. The second-order valence-electron chi connectivity index (χ2n) is 9.26. The van der Waals surface area contributed by atoms with E-state index in [4.69, 9.17) is 12.2 Å². The number of hydrogen-bond donors (Lipinski definition) is 2. The zero-order valence-corrected chi connectivity index (χ0v) is 20.4. The molecule has 0 radical (unpaired) electrons. The van der Waals surface area contributed by atoms with Crippen molar-refractivity contribution in [1.82, 2.24) is 19.8 Å². The van der Waals surface area contributed by atoms with E-state index in [2.05, 4.69) is 43.4 Å². The summed E-state index contributed by atoms with van der Waals surface area (Å²) in [4.78, 5) is 19.4. The molecule has 2 aliphatic rings. The van der Waals surface area contributed by atoms with Gasteiger partial charge in [-0.25, -0.2) is 4.39 Å². The fraction of sp³-hybridized carbons (Fsp3) is 0.370. The molecule has 182 valence electrons. The zero-order valence-electron chi connectivity index (χ0n) is 19.6. The van der Waals surface area contributed by atoms with Crippen molar-refractivity contribution in [3.8, 4) is 0 Å². The number of hydrogen-bond acceptors (Lipinski definition) is 3. The van der Waals surface area contributed by atoms with Crippen LogP contribution >= 0.6 is 12.2 Å². The molecule has 35 heavy (non-hydrogen) atoms. The Kier molecular flexibility index (Phi) is 7.08. The van der Waals surface area contributed by atoms with Crippen molar-refractivity contribution in [3.63, 3.8) is 0 Å². The lowest BCUT2D eigenvalue weighted by Gasteiger charge is -2.32. The Labute approximate surface area is 210 Å². The third-order valence-corrected chi connectivity index (χ3v) is 7.34. The topological polar surface area (TPSA) is 62.2 Å². The Bertz CT molecular complexity index is 1160. The molecule has 1 aromatic carbocycles. The molecule has 5 rings (SSSR count). The summed E-state index contributed by atoms with van der Waals surface area (Å²) in [7, 11) is 0. The van der Waals surface area contributed by atoms with E-state index in [0.29, 0.717) is 23.4 Å². The van der Waals surface area contributed by atoms with E-state index in [1.54, 1.807) is 18.3 Å². The minimum Gasteiger partial charge on any atom is -0.352 e. The molecule has 2 aromatic heterocycles. The molecule has 0 bridgehead atoms. The second-order valence-corrected chi connectivity index (χ2v) is 9.64. The number of pyridine rings is 1. The molecule has 2 atom stereocenters. The van der Waals surface area contributed by atoms with Crippen molar-refractivity contribution in [1.29, 1.82) is 0 Å². The number of nitrogens with zero attached hydrogens (tertiary/aromatic N) is 3. The van der Waals surface area contributed by atoms with Crippen molar-refractivity contribution >= 4 is 28.9 Å². The summed E-state index contributed by atoms with van der Waals surface area (Å²) < 4.78 is 15.6. The van der Waals surface area contributed by atoms with Gasteiger partial charge in [-0.3, -0.25) is 9.78 Å². The number of carbonyl (C=O) groups excluding carboxylic acids is 1. The number of halogens is 1. The van der Waals surface area contributed by atoms with Crippen LogP contribution in [0.2, 0.25) is 0 Å². The highest BCUT2D eigenvalue weighted by Gasteiger charge is 2.41. The van der Waals surface area contributed by atoms with Crippen LogP contribution in [0, 0.1) is 5.82 Å². The average molecular weight is 492 g/mol. The fourth-order valence-electron chi connectivity index (χ4n) is 5.30. The highest BCUT2D eigenvalue weighted by Crippen LogP contribution is 2.41. The molecule has 1 saturated carbocycles. The SMILES string of the molecule is O=C(CCN1C(=S)N[C@@H](c2ccccn2)[C@@H]1c1cccn1C1CCCCC1)Nc1ccc(F)cc1. The molecule has 8 heteroatoms. The normalized spacial score (nSPS) is 20.6. The summed E-state index contributed by atoms with van der Waals surface area (Å²) in [6, 6.07) is 16.3. The first-order chi connectivity index (χ1) is 17.1. The summed E-state index contributed by atoms with van der Waals surface area (Å²) in [5, 5.41) is 6.95. The Hall–Kier alpha value is -3.26. The summed E-state index contributed by atoms with van der Waals surface area (Å²) in [5.41, 5.74) is 2.70. The number of amides is 1. The largest absolute Gasteiger partial charge is 0.352 e. The van der Waals surface area contributed by atoms with Crippen LogP contribution in [0.15, 0.2) is 67.0 Å².